The molecular weight excluding hydrogens is 298 g/mol. The summed E-state index contributed by atoms with van der Waals surface area (Å²) in [6.45, 7) is 0. The molecule has 3 heterocycles. The van der Waals surface area contributed by atoms with Crippen molar-refractivity contribution in [3.8, 4) is 0 Å². The average Bonchev–Trinajstić information content (AvgIpc) is 3.18. The van der Waals surface area contributed by atoms with Gasteiger partial charge in [-0.3, -0.25) is 0 Å². The van der Waals surface area contributed by atoms with E-state index in [1.807, 2.05) is 23.7 Å². The van der Waals surface area contributed by atoms with Crippen molar-refractivity contribution < 1.29 is 9.05 Å². The van der Waals surface area contributed by atoms with Crippen LogP contribution in [-0.4, -0.2) is 25.1 Å². The standard InChI is InChI=1S/C11H11N5O2S2/c1-16-10(19-6-8-2-4-17-14-8)12-13-11(16)20-7-9-3-5-18-15-9/h2-5H,6-7H2,1H3. The summed E-state index contributed by atoms with van der Waals surface area (Å²) in [5.74, 6) is 1.41. The Bertz CT molecular complexity index is 595. The summed E-state index contributed by atoms with van der Waals surface area (Å²) < 4.78 is 11.5. The largest absolute Gasteiger partial charge is 0.364 e. The number of hydrogen-bond donors (Lipinski definition) is 0. The van der Waals surface area contributed by atoms with Gasteiger partial charge >= 0.3 is 0 Å². The lowest BCUT2D eigenvalue weighted by Crippen LogP contribution is -1.94. The van der Waals surface area contributed by atoms with Crippen LogP contribution in [0.4, 0.5) is 0 Å². The minimum Gasteiger partial charge on any atom is -0.364 e. The Morgan fingerprint density at radius 3 is 1.85 bits per heavy atom. The molecule has 0 aliphatic rings. The van der Waals surface area contributed by atoms with Gasteiger partial charge in [-0.1, -0.05) is 33.8 Å². The van der Waals surface area contributed by atoms with Crippen LogP contribution >= 0.6 is 23.5 Å². The zero-order valence-corrected chi connectivity index (χ0v) is 12.2. The van der Waals surface area contributed by atoms with E-state index in [1.54, 1.807) is 36.1 Å². The van der Waals surface area contributed by atoms with Gasteiger partial charge in [0.25, 0.3) is 0 Å². The molecule has 3 rings (SSSR count). The quantitative estimate of drug-likeness (QED) is 0.642. The molecule has 0 saturated carbocycles. The Morgan fingerprint density at radius 2 is 1.45 bits per heavy atom. The van der Waals surface area contributed by atoms with Gasteiger partial charge in [0.2, 0.25) is 0 Å². The van der Waals surface area contributed by atoms with Gasteiger partial charge in [0, 0.05) is 30.7 Å². The lowest BCUT2D eigenvalue weighted by molar-refractivity contribution is 0.414. The highest BCUT2D eigenvalue weighted by Gasteiger charge is 2.11. The third kappa shape index (κ3) is 3.05. The predicted octanol–water partition coefficient (Wildman–Crippen LogP) is 2.38. The van der Waals surface area contributed by atoms with Crippen LogP contribution in [0.15, 0.2) is 44.0 Å². The van der Waals surface area contributed by atoms with Gasteiger partial charge in [0.1, 0.15) is 12.5 Å². The van der Waals surface area contributed by atoms with Gasteiger partial charge in [-0.2, -0.15) is 0 Å². The van der Waals surface area contributed by atoms with Gasteiger partial charge < -0.3 is 13.6 Å². The monoisotopic (exact) mass is 309 g/mol. The van der Waals surface area contributed by atoms with Crippen LogP contribution in [0.1, 0.15) is 11.4 Å². The number of aromatic nitrogens is 5. The van der Waals surface area contributed by atoms with Crippen LogP contribution in [0.5, 0.6) is 0 Å². The molecule has 0 fully saturated rings. The molecule has 0 unspecified atom stereocenters. The van der Waals surface area contributed by atoms with E-state index in [0.29, 0.717) is 11.5 Å². The molecule has 20 heavy (non-hydrogen) atoms. The van der Waals surface area contributed by atoms with E-state index in [-0.39, 0.29) is 0 Å². The molecule has 3 aromatic heterocycles. The predicted molar refractivity (Wildman–Crippen MR) is 73.1 cm³/mol. The van der Waals surface area contributed by atoms with Crippen LogP contribution in [-0.2, 0) is 18.6 Å². The Balaban J connectivity index is 1.59. The van der Waals surface area contributed by atoms with Crippen LogP contribution in [0, 0.1) is 0 Å². The van der Waals surface area contributed by atoms with Gasteiger partial charge in [0.05, 0.1) is 11.4 Å². The minimum absolute atomic E-state index is 0.705. The minimum atomic E-state index is 0.705. The summed E-state index contributed by atoms with van der Waals surface area (Å²) in [6.07, 6.45) is 3.12. The Morgan fingerprint density at radius 1 is 0.950 bits per heavy atom. The Labute approximate surface area is 123 Å². The molecule has 0 bridgehead atoms. The van der Waals surface area contributed by atoms with Crippen molar-refractivity contribution >= 4 is 23.5 Å². The van der Waals surface area contributed by atoms with E-state index in [0.717, 1.165) is 21.7 Å². The molecule has 0 atom stereocenters. The average molecular weight is 309 g/mol. The third-order valence-electron chi connectivity index (χ3n) is 2.48. The van der Waals surface area contributed by atoms with Crippen molar-refractivity contribution in [2.75, 3.05) is 0 Å². The number of rotatable bonds is 6. The second kappa shape index (κ2) is 6.14. The first-order valence-electron chi connectivity index (χ1n) is 5.76. The molecule has 0 radical (unpaired) electrons. The highest BCUT2D eigenvalue weighted by atomic mass is 32.2. The first kappa shape index (κ1) is 13.3. The zero-order chi connectivity index (χ0) is 13.8. The summed E-state index contributed by atoms with van der Waals surface area (Å²) in [7, 11) is 1.94. The van der Waals surface area contributed by atoms with Crippen molar-refractivity contribution in [3.63, 3.8) is 0 Å². The van der Waals surface area contributed by atoms with Crippen molar-refractivity contribution in [1.29, 1.82) is 0 Å². The number of nitrogens with zero attached hydrogens (tertiary/aromatic N) is 5. The summed E-state index contributed by atoms with van der Waals surface area (Å²) in [6, 6.07) is 3.67. The third-order valence-corrected chi connectivity index (χ3v) is 4.58. The summed E-state index contributed by atoms with van der Waals surface area (Å²) in [5.41, 5.74) is 1.77. The topological polar surface area (TPSA) is 82.8 Å². The van der Waals surface area contributed by atoms with Crippen LogP contribution in [0.3, 0.4) is 0 Å². The molecule has 0 spiro atoms. The highest BCUT2D eigenvalue weighted by molar-refractivity contribution is 7.99. The molecule has 9 heteroatoms. The molecule has 3 aromatic rings. The summed E-state index contributed by atoms with van der Waals surface area (Å²) >= 11 is 3.14. The number of thioether (sulfide) groups is 2. The second-order valence-corrected chi connectivity index (χ2v) is 5.77. The zero-order valence-electron chi connectivity index (χ0n) is 10.6. The highest BCUT2D eigenvalue weighted by Crippen LogP contribution is 2.25. The molecule has 104 valence electrons. The first-order valence-corrected chi connectivity index (χ1v) is 7.73. The lowest BCUT2D eigenvalue weighted by atomic mass is 10.5. The first-order chi connectivity index (χ1) is 9.83. The maximum absolute atomic E-state index is 4.79. The van der Waals surface area contributed by atoms with E-state index in [1.165, 1.54) is 0 Å². The molecule has 7 nitrogen and oxygen atoms in total. The Hall–Kier alpha value is -1.74. The lowest BCUT2D eigenvalue weighted by Gasteiger charge is -2.01. The maximum Gasteiger partial charge on any atom is 0.192 e. The van der Waals surface area contributed by atoms with E-state index in [9.17, 15) is 0 Å². The molecule has 0 amide bonds. The molecule has 0 aliphatic heterocycles. The van der Waals surface area contributed by atoms with Gasteiger partial charge in [-0.05, 0) is 0 Å². The van der Waals surface area contributed by atoms with E-state index in [4.69, 9.17) is 9.05 Å². The smallest absolute Gasteiger partial charge is 0.192 e. The van der Waals surface area contributed by atoms with Crippen molar-refractivity contribution in [1.82, 2.24) is 25.1 Å². The van der Waals surface area contributed by atoms with Crippen molar-refractivity contribution in [2.24, 2.45) is 7.05 Å². The molecule has 0 aromatic carbocycles. The van der Waals surface area contributed by atoms with Gasteiger partial charge in [-0.25, -0.2) is 0 Å². The summed E-state index contributed by atoms with van der Waals surface area (Å²) in [5, 5.41) is 17.7. The fraction of sp³-hybridized carbons (Fsp3) is 0.273. The van der Waals surface area contributed by atoms with Gasteiger partial charge in [-0.15, -0.1) is 10.2 Å². The molecule has 0 N–H and O–H groups in total. The normalized spacial score (nSPS) is 11.1. The molecule has 0 aliphatic carbocycles. The van der Waals surface area contributed by atoms with E-state index in [2.05, 4.69) is 20.5 Å². The van der Waals surface area contributed by atoms with Crippen LogP contribution in [0.2, 0.25) is 0 Å². The van der Waals surface area contributed by atoms with Crippen molar-refractivity contribution in [3.05, 3.63) is 36.0 Å². The van der Waals surface area contributed by atoms with Crippen LogP contribution < -0.4 is 0 Å². The van der Waals surface area contributed by atoms with Crippen LogP contribution in [0.25, 0.3) is 0 Å². The molecule has 0 saturated heterocycles. The summed E-state index contributed by atoms with van der Waals surface area (Å²) in [4.78, 5) is 0. The van der Waals surface area contributed by atoms with Crippen molar-refractivity contribution in [2.45, 2.75) is 21.8 Å². The fourth-order valence-corrected chi connectivity index (χ4v) is 3.12. The molecular formula is C11H11N5O2S2. The second-order valence-electron chi connectivity index (χ2n) is 3.88. The van der Waals surface area contributed by atoms with Gasteiger partial charge in [0.15, 0.2) is 10.3 Å². The fourth-order valence-electron chi connectivity index (χ4n) is 1.45. The Kier molecular flexibility index (Phi) is 4.07. The maximum atomic E-state index is 4.79. The van der Waals surface area contributed by atoms with E-state index < -0.39 is 0 Å². The number of hydrogen-bond acceptors (Lipinski definition) is 8. The SMILES string of the molecule is Cn1c(SCc2ccon2)nnc1SCc1ccon1. The van der Waals surface area contributed by atoms with E-state index >= 15 is 0 Å².